The molecule has 0 saturated carbocycles. The largest absolute Gasteiger partial charge is 0.508 e. The molecule has 0 radical (unpaired) electrons. The Hall–Kier alpha value is -3.34. The molecule has 28 heavy (non-hydrogen) atoms. The number of hydrogen-bond donors (Lipinski definition) is 1. The van der Waals surface area contributed by atoms with Crippen LogP contribution in [-0.2, 0) is 13.0 Å². The minimum Gasteiger partial charge on any atom is -0.508 e. The Kier molecular flexibility index (Phi) is 4.98. The van der Waals surface area contributed by atoms with Crippen molar-refractivity contribution in [1.82, 2.24) is 9.55 Å². The maximum atomic E-state index is 13.3. The van der Waals surface area contributed by atoms with Gasteiger partial charge in [-0.2, -0.15) is 0 Å². The molecule has 4 nitrogen and oxygen atoms in total. The molecule has 1 N–H and O–H groups in total. The summed E-state index contributed by atoms with van der Waals surface area (Å²) >= 11 is 0. The van der Waals surface area contributed by atoms with Crippen LogP contribution in [-0.4, -0.2) is 14.7 Å². The van der Waals surface area contributed by atoms with E-state index in [1.165, 1.54) is 17.7 Å². The van der Waals surface area contributed by atoms with E-state index in [1.807, 2.05) is 35.8 Å². The number of rotatable bonds is 6. The van der Waals surface area contributed by atoms with Crippen molar-refractivity contribution in [3.8, 4) is 11.5 Å². The van der Waals surface area contributed by atoms with Gasteiger partial charge in [0, 0.05) is 12.6 Å². The van der Waals surface area contributed by atoms with Gasteiger partial charge in [0.15, 0.2) is 0 Å². The number of halogens is 1. The van der Waals surface area contributed by atoms with Crippen LogP contribution >= 0.6 is 0 Å². The van der Waals surface area contributed by atoms with E-state index >= 15 is 0 Å². The van der Waals surface area contributed by atoms with Crippen LogP contribution in [0.15, 0.2) is 73.1 Å². The lowest BCUT2D eigenvalue weighted by molar-refractivity contribution is 0.227. The van der Waals surface area contributed by atoms with E-state index in [1.54, 1.807) is 24.5 Å². The van der Waals surface area contributed by atoms with Crippen molar-refractivity contribution in [2.75, 3.05) is 0 Å². The summed E-state index contributed by atoms with van der Waals surface area (Å²) in [6, 6.07) is 19.7. The number of phenolic OH excluding ortho intramolecular Hbond substituents is 1. The molecule has 1 unspecified atom stereocenters. The molecule has 1 aromatic heterocycles. The van der Waals surface area contributed by atoms with Gasteiger partial charge in [0.05, 0.1) is 17.4 Å². The first-order valence-corrected chi connectivity index (χ1v) is 9.23. The second-order valence-corrected chi connectivity index (χ2v) is 6.82. The van der Waals surface area contributed by atoms with Gasteiger partial charge in [0.1, 0.15) is 23.4 Å². The van der Waals surface area contributed by atoms with Crippen LogP contribution in [0.5, 0.6) is 11.5 Å². The molecule has 0 aliphatic heterocycles. The van der Waals surface area contributed by atoms with Crippen molar-refractivity contribution >= 4 is 11.0 Å². The average Bonchev–Trinajstić information content (AvgIpc) is 3.10. The molecule has 5 heteroatoms. The summed E-state index contributed by atoms with van der Waals surface area (Å²) in [6.07, 6.45) is 2.49. The average molecular weight is 376 g/mol. The van der Waals surface area contributed by atoms with Gasteiger partial charge in [-0.25, -0.2) is 9.37 Å². The Morgan fingerprint density at radius 2 is 1.79 bits per heavy atom. The molecule has 0 spiro atoms. The lowest BCUT2D eigenvalue weighted by Crippen LogP contribution is -2.03. The van der Waals surface area contributed by atoms with Crippen molar-refractivity contribution in [2.24, 2.45) is 0 Å². The zero-order valence-corrected chi connectivity index (χ0v) is 15.5. The number of aromatic hydroxyl groups is 1. The number of phenols is 1. The number of nitrogens with zero attached hydrogens (tertiary/aromatic N) is 2. The van der Waals surface area contributed by atoms with Crippen LogP contribution in [0.2, 0.25) is 0 Å². The highest BCUT2D eigenvalue weighted by atomic mass is 19.1. The van der Waals surface area contributed by atoms with Crippen LogP contribution in [0.3, 0.4) is 0 Å². The van der Waals surface area contributed by atoms with Gasteiger partial charge >= 0.3 is 0 Å². The first kappa shape index (κ1) is 18.0. The second kappa shape index (κ2) is 7.72. The highest BCUT2D eigenvalue weighted by Crippen LogP contribution is 2.24. The number of aromatic nitrogens is 2. The van der Waals surface area contributed by atoms with Crippen LogP contribution in [0.1, 0.15) is 24.2 Å². The van der Waals surface area contributed by atoms with Crippen LogP contribution in [0, 0.1) is 5.82 Å². The van der Waals surface area contributed by atoms with Crippen molar-refractivity contribution in [1.29, 1.82) is 0 Å². The molecule has 0 amide bonds. The molecule has 0 aliphatic carbocycles. The molecule has 1 atom stereocenters. The predicted molar refractivity (Wildman–Crippen MR) is 107 cm³/mol. The summed E-state index contributed by atoms with van der Waals surface area (Å²) in [5, 5.41) is 9.39. The first-order valence-electron chi connectivity index (χ1n) is 9.23. The van der Waals surface area contributed by atoms with Crippen LogP contribution in [0.4, 0.5) is 4.39 Å². The maximum Gasteiger partial charge on any atom is 0.125 e. The number of hydrogen-bond acceptors (Lipinski definition) is 3. The lowest BCUT2D eigenvalue weighted by atomic mass is 10.1. The number of imidazole rings is 1. The molecule has 4 rings (SSSR count). The third-order valence-corrected chi connectivity index (χ3v) is 4.82. The SMILES string of the molecule is CC(Oc1ccc(CCn2cnc3cc(F)ccc32)cc1)c1ccc(O)cc1. The van der Waals surface area contributed by atoms with Crippen LogP contribution < -0.4 is 4.74 Å². The van der Waals surface area contributed by atoms with Gasteiger partial charge in [0.25, 0.3) is 0 Å². The summed E-state index contributed by atoms with van der Waals surface area (Å²) in [6.45, 7) is 2.75. The maximum absolute atomic E-state index is 13.3. The van der Waals surface area contributed by atoms with Crippen molar-refractivity contribution in [3.63, 3.8) is 0 Å². The Morgan fingerprint density at radius 1 is 1.04 bits per heavy atom. The highest BCUT2D eigenvalue weighted by Gasteiger charge is 2.08. The number of ether oxygens (including phenoxy) is 1. The monoisotopic (exact) mass is 376 g/mol. The summed E-state index contributed by atoms with van der Waals surface area (Å²) in [5.74, 6) is 0.777. The Morgan fingerprint density at radius 3 is 2.54 bits per heavy atom. The summed E-state index contributed by atoms with van der Waals surface area (Å²) < 4.78 is 21.3. The Labute approximate surface area is 162 Å². The highest BCUT2D eigenvalue weighted by molar-refractivity contribution is 5.75. The normalized spacial score (nSPS) is 12.2. The van der Waals surface area contributed by atoms with Gasteiger partial charge in [-0.1, -0.05) is 24.3 Å². The quantitative estimate of drug-likeness (QED) is 0.499. The first-order chi connectivity index (χ1) is 13.6. The fourth-order valence-corrected chi connectivity index (χ4v) is 3.22. The van der Waals surface area contributed by atoms with Gasteiger partial charge in [-0.15, -0.1) is 0 Å². The minimum absolute atomic E-state index is 0.107. The minimum atomic E-state index is -0.269. The zero-order chi connectivity index (χ0) is 19.5. The molecule has 0 aliphatic rings. The van der Waals surface area contributed by atoms with E-state index in [0.29, 0.717) is 5.52 Å². The van der Waals surface area contributed by atoms with Gasteiger partial charge in [-0.3, -0.25) is 0 Å². The van der Waals surface area contributed by atoms with E-state index < -0.39 is 0 Å². The third-order valence-electron chi connectivity index (χ3n) is 4.82. The molecule has 4 aromatic rings. The van der Waals surface area contributed by atoms with Gasteiger partial charge in [-0.05, 0) is 60.9 Å². The molecule has 0 bridgehead atoms. The Balaban J connectivity index is 1.38. The van der Waals surface area contributed by atoms with Gasteiger partial charge in [0.2, 0.25) is 0 Å². The summed E-state index contributed by atoms with van der Waals surface area (Å²) in [5.41, 5.74) is 3.80. The predicted octanol–water partition coefficient (Wildman–Crippen LogP) is 5.26. The van der Waals surface area contributed by atoms with E-state index in [2.05, 4.69) is 17.1 Å². The third kappa shape index (κ3) is 3.98. The molecule has 142 valence electrons. The fraction of sp³-hybridized carbons (Fsp3) is 0.174. The van der Waals surface area contributed by atoms with E-state index in [0.717, 1.165) is 29.8 Å². The van der Waals surface area contributed by atoms with Gasteiger partial charge < -0.3 is 14.4 Å². The Bertz CT molecular complexity index is 1070. The van der Waals surface area contributed by atoms with Crippen molar-refractivity contribution < 1.29 is 14.2 Å². The summed E-state index contributed by atoms with van der Waals surface area (Å²) in [7, 11) is 0. The molecule has 0 saturated heterocycles. The van der Waals surface area contributed by atoms with E-state index in [-0.39, 0.29) is 17.7 Å². The molecule has 1 heterocycles. The van der Waals surface area contributed by atoms with Crippen molar-refractivity contribution in [2.45, 2.75) is 26.0 Å². The van der Waals surface area contributed by atoms with E-state index in [9.17, 15) is 9.50 Å². The molecular weight excluding hydrogens is 355 g/mol. The smallest absolute Gasteiger partial charge is 0.125 e. The standard InChI is InChI=1S/C23H21FN2O2/c1-16(18-4-7-20(27)8-5-18)28-21-9-2-17(3-10-21)12-13-26-15-25-22-14-19(24)6-11-23(22)26/h2-11,14-16,27H,12-13H2,1H3. The summed E-state index contributed by atoms with van der Waals surface area (Å²) in [4.78, 5) is 4.26. The number of fused-ring (bicyclic) bond motifs is 1. The molecular formula is C23H21FN2O2. The molecule has 3 aromatic carbocycles. The lowest BCUT2D eigenvalue weighted by Gasteiger charge is -2.15. The number of benzene rings is 3. The number of aryl methyl sites for hydroxylation is 2. The topological polar surface area (TPSA) is 47.3 Å². The van der Waals surface area contributed by atoms with Crippen molar-refractivity contribution in [3.05, 3.63) is 90.0 Å². The molecule has 0 fully saturated rings. The zero-order valence-electron chi connectivity index (χ0n) is 15.5. The second-order valence-electron chi connectivity index (χ2n) is 6.82. The van der Waals surface area contributed by atoms with E-state index in [4.69, 9.17) is 4.74 Å². The van der Waals surface area contributed by atoms with Crippen LogP contribution in [0.25, 0.3) is 11.0 Å². The fourth-order valence-electron chi connectivity index (χ4n) is 3.22.